The van der Waals surface area contributed by atoms with Crippen molar-refractivity contribution in [2.24, 2.45) is 0 Å². The number of rotatable bonds is 7. The highest BCUT2D eigenvalue weighted by Gasteiger charge is 2.35. The summed E-state index contributed by atoms with van der Waals surface area (Å²) in [7, 11) is -3.74. The number of aliphatic hydroxyl groups is 1. The number of thiazole rings is 1. The fourth-order valence-electron chi connectivity index (χ4n) is 5.19. The largest absolute Gasteiger partial charge is 0.394 e. The Morgan fingerprint density at radius 2 is 2.00 bits per heavy atom. The molecule has 2 aromatic carbocycles. The highest BCUT2D eigenvalue weighted by atomic mass is 35.5. The van der Waals surface area contributed by atoms with E-state index >= 15 is 0 Å². The Bertz CT molecular complexity index is 1390. The van der Waals surface area contributed by atoms with E-state index in [0.717, 1.165) is 36.3 Å². The molecule has 2 aliphatic heterocycles. The second-order valence-electron chi connectivity index (χ2n) is 9.50. The van der Waals surface area contributed by atoms with Crippen molar-refractivity contribution in [3.63, 3.8) is 0 Å². The standard InChI is InChI=1S/C26H30ClN5O4S2/c1-18(31-11-2-3-19-15-20(27)4-9-24(19)31)25(34)32-13-12-30(16-22(32)17-33)21-5-7-23(8-6-21)38(35,36)29-26-28-10-14-37-26/h4-10,14-15,18,22,33H,2-3,11-13,16-17H2,1H3,(H,28,29)/t18-,22-/m1/s1. The Morgan fingerprint density at radius 1 is 1.21 bits per heavy atom. The van der Waals surface area contributed by atoms with Crippen molar-refractivity contribution in [3.05, 3.63) is 64.6 Å². The summed E-state index contributed by atoms with van der Waals surface area (Å²) in [6, 6.07) is 11.7. The van der Waals surface area contributed by atoms with Gasteiger partial charge in [-0.25, -0.2) is 13.4 Å². The van der Waals surface area contributed by atoms with E-state index in [9.17, 15) is 18.3 Å². The highest BCUT2D eigenvalue weighted by molar-refractivity contribution is 7.93. The van der Waals surface area contributed by atoms with E-state index < -0.39 is 10.0 Å². The van der Waals surface area contributed by atoms with E-state index in [1.54, 1.807) is 34.5 Å². The zero-order valence-electron chi connectivity index (χ0n) is 21.0. The molecule has 0 bridgehead atoms. The third-order valence-corrected chi connectivity index (χ3v) is 9.57. The molecule has 0 unspecified atom stereocenters. The first kappa shape index (κ1) is 26.7. The van der Waals surface area contributed by atoms with Gasteiger partial charge in [-0.05, 0) is 67.8 Å². The zero-order valence-corrected chi connectivity index (χ0v) is 23.3. The summed E-state index contributed by atoms with van der Waals surface area (Å²) in [5.41, 5.74) is 3.03. The van der Waals surface area contributed by atoms with Crippen LogP contribution in [-0.4, -0.2) is 74.2 Å². The normalized spacial score (nSPS) is 18.7. The smallest absolute Gasteiger partial charge is 0.263 e. The first-order valence-electron chi connectivity index (χ1n) is 12.5. The summed E-state index contributed by atoms with van der Waals surface area (Å²) >= 11 is 7.40. The molecule has 202 valence electrons. The van der Waals surface area contributed by atoms with Gasteiger partial charge in [0, 0.05) is 54.2 Å². The fraction of sp³-hybridized carbons (Fsp3) is 0.385. The van der Waals surface area contributed by atoms with Gasteiger partial charge in [-0.2, -0.15) is 0 Å². The van der Waals surface area contributed by atoms with Crippen molar-refractivity contribution >= 4 is 55.4 Å². The lowest BCUT2D eigenvalue weighted by Gasteiger charge is -2.44. The molecule has 1 saturated heterocycles. The van der Waals surface area contributed by atoms with Gasteiger partial charge in [-0.3, -0.25) is 9.52 Å². The number of hydrogen-bond acceptors (Lipinski definition) is 8. The van der Waals surface area contributed by atoms with Crippen LogP contribution in [0.1, 0.15) is 18.9 Å². The Hall–Kier alpha value is -2.86. The molecule has 0 saturated carbocycles. The maximum absolute atomic E-state index is 13.6. The maximum Gasteiger partial charge on any atom is 0.263 e. The minimum absolute atomic E-state index is 0.0128. The molecule has 1 aromatic heterocycles. The Labute approximate surface area is 231 Å². The minimum atomic E-state index is -3.74. The van der Waals surface area contributed by atoms with Crippen molar-refractivity contribution in [1.82, 2.24) is 9.88 Å². The van der Waals surface area contributed by atoms with Crippen LogP contribution in [0.25, 0.3) is 0 Å². The number of piperazine rings is 1. The summed E-state index contributed by atoms with van der Waals surface area (Å²) in [5.74, 6) is -0.0128. The molecule has 12 heteroatoms. The van der Waals surface area contributed by atoms with Crippen LogP contribution in [0.15, 0.2) is 58.9 Å². The molecular formula is C26H30ClN5O4S2. The first-order chi connectivity index (χ1) is 18.3. The van der Waals surface area contributed by atoms with Crippen LogP contribution >= 0.6 is 22.9 Å². The summed E-state index contributed by atoms with van der Waals surface area (Å²) in [4.78, 5) is 23.7. The lowest BCUT2D eigenvalue weighted by molar-refractivity contribution is -0.136. The van der Waals surface area contributed by atoms with Crippen LogP contribution in [-0.2, 0) is 21.2 Å². The van der Waals surface area contributed by atoms with Crippen molar-refractivity contribution < 1.29 is 18.3 Å². The molecule has 0 aliphatic carbocycles. The second-order valence-corrected chi connectivity index (χ2v) is 12.5. The topological polar surface area (TPSA) is 106 Å². The number of carbonyl (C=O) groups excluding carboxylic acids is 1. The van der Waals surface area contributed by atoms with Crippen LogP contribution < -0.4 is 14.5 Å². The average Bonchev–Trinajstić information content (AvgIpc) is 3.43. The van der Waals surface area contributed by atoms with Gasteiger partial charge in [0.15, 0.2) is 5.13 Å². The number of nitrogens with one attached hydrogen (secondary N) is 1. The summed E-state index contributed by atoms with van der Waals surface area (Å²) in [6.07, 6.45) is 3.43. The quantitative estimate of drug-likeness (QED) is 0.444. The number of sulfonamides is 1. The molecule has 2 aliphatic rings. The molecule has 2 N–H and O–H groups in total. The highest BCUT2D eigenvalue weighted by Crippen LogP contribution is 2.32. The van der Waals surface area contributed by atoms with Gasteiger partial charge in [0.25, 0.3) is 10.0 Å². The van der Waals surface area contributed by atoms with Gasteiger partial charge < -0.3 is 19.8 Å². The number of hydrogen-bond donors (Lipinski definition) is 2. The lowest BCUT2D eigenvalue weighted by Crippen LogP contribution is -2.60. The molecule has 9 nitrogen and oxygen atoms in total. The number of halogens is 1. The Balaban J connectivity index is 1.26. The van der Waals surface area contributed by atoms with E-state index in [1.807, 2.05) is 25.1 Å². The average molecular weight is 576 g/mol. The third-order valence-electron chi connectivity index (χ3n) is 7.16. The lowest BCUT2D eigenvalue weighted by atomic mass is 9.99. The summed E-state index contributed by atoms with van der Waals surface area (Å²) in [5, 5.41) is 12.9. The monoisotopic (exact) mass is 575 g/mol. The molecule has 1 amide bonds. The number of nitrogens with zero attached hydrogens (tertiary/aromatic N) is 4. The molecule has 0 radical (unpaired) electrons. The third kappa shape index (κ3) is 5.47. The van der Waals surface area contributed by atoms with Gasteiger partial charge in [-0.1, -0.05) is 11.6 Å². The van der Waals surface area contributed by atoms with Crippen molar-refractivity contribution in [2.45, 2.75) is 36.7 Å². The molecular weight excluding hydrogens is 546 g/mol. The van der Waals surface area contributed by atoms with Crippen LogP contribution in [0.3, 0.4) is 0 Å². The predicted octanol–water partition coefficient (Wildman–Crippen LogP) is 3.45. The summed E-state index contributed by atoms with van der Waals surface area (Å²) < 4.78 is 27.8. The van der Waals surface area contributed by atoms with E-state index in [2.05, 4.69) is 19.5 Å². The molecule has 3 aromatic rings. The van der Waals surface area contributed by atoms with E-state index in [-0.39, 0.29) is 29.5 Å². The number of aromatic nitrogens is 1. The SMILES string of the molecule is C[C@H](C(=O)N1CCN(c2ccc(S(=O)(=O)Nc3nccs3)cc2)C[C@@H]1CO)N1CCCc2cc(Cl)ccc21. The van der Waals surface area contributed by atoms with E-state index in [0.29, 0.717) is 29.8 Å². The molecule has 38 heavy (non-hydrogen) atoms. The second kappa shape index (κ2) is 11.1. The predicted molar refractivity (Wildman–Crippen MR) is 151 cm³/mol. The number of aryl methyl sites for hydroxylation is 1. The fourth-order valence-corrected chi connectivity index (χ4v) is 7.17. The number of benzene rings is 2. The van der Waals surface area contributed by atoms with Crippen molar-refractivity contribution in [2.75, 3.05) is 47.3 Å². The van der Waals surface area contributed by atoms with Gasteiger partial charge in [0.05, 0.1) is 17.5 Å². The molecule has 0 spiro atoms. The van der Waals surface area contributed by atoms with Crippen molar-refractivity contribution in [1.29, 1.82) is 0 Å². The Morgan fingerprint density at radius 3 is 2.71 bits per heavy atom. The van der Waals surface area contributed by atoms with Crippen LogP contribution in [0.4, 0.5) is 16.5 Å². The van der Waals surface area contributed by atoms with Gasteiger partial charge >= 0.3 is 0 Å². The number of amides is 1. The van der Waals surface area contributed by atoms with Gasteiger partial charge in [0.1, 0.15) is 6.04 Å². The van der Waals surface area contributed by atoms with Crippen LogP contribution in [0, 0.1) is 0 Å². The van der Waals surface area contributed by atoms with Crippen LogP contribution in [0.5, 0.6) is 0 Å². The number of fused-ring (bicyclic) bond motifs is 1. The molecule has 2 atom stereocenters. The molecule has 1 fully saturated rings. The first-order valence-corrected chi connectivity index (χ1v) is 15.2. The maximum atomic E-state index is 13.6. The van der Waals surface area contributed by atoms with E-state index in [4.69, 9.17) is 11.6 Å². The van der Waals surface area contributed by atoms with Gasteiger partial charge in [0.2, 0.25) is 5.91 Å². The zero-order chi connectivity index (χ0) is 26.9. The van der Waals surface area contributed by atoms with Crippen LogP contribution in [0.2, 0.25) is 5.02 Å². The van der Waals surface area contributed by atoms with E-state index in [1.165, 1.54) is 17.5 Å². The minimum Gasteiger partial charge on any atom is -0.394 e. The number of aliphatic hydroxyl groups excluding tert-OH is 1. The Kier molecular flexibility index (Phi) is 7.80. The molecule has 3 heterocycles. The molecule has 5 rings (SSSR count). The van der Waals surface area contributed by atoms with Crippen molar-refractivity contribution in [3.8, 4) is 0 Å². The summed E-state index contributed by atoms with van der Waals surface area (Å²) in [6.45, 7) is 4.03. The van der Waals surface area contributed by atoms with Gasteiger partial charge in [-0.15, -0.1) is 11.3 Å². The number of carbonyl (C=O) groups is 1. The number of anilines is 3.